The van der Waals surface area contributed by atoms with E-state index in [9.17, 15) is 4.79 Å². The number of nitrogens with zero attached hydrogens (tertiary/aromatic N) is 1. The first-order valence-corrected chi connectivity index (χ1v) is 7.27. The van der Waals surface area contributed by atoms with Crippen molar-refractivity contribution in [3.63, 3.8) is 0 Å². The van der Waals surface area contributed by atoms with Crippen LogP contribution in [0.5, 0.6) is 0 Å². The largest absolute Gasteiger partial charge is 2.00 e. The first kappa shape index (κ1) is 16.2. The number of rotatable bonds is 1. The summed E-state index contributed by atoms with van der Waals surface area (Å²) in [5, 5.41) is 0.843. The Morgan fingerprint density at radius 2 is 1.74 bits per heavy atom. The first-order chi connectivity index (χ1) is 8.86. The zero-order valence-electron chi connectivity index (χ0n) is 10.5. The van der Waals surface area contributed by atoms with Crippen molar-refractivity contribution in [2.24, 2.45) is 0 Å². The van der Waals surface area contributed by atoms with Crippen LogP contribution >= 0.6 is 0 Å². The Bertz CT molecular complexity index is 688. The summed E-state index contributed by atoms with van der Waals surface area (Å²) in [6.45, 7) is 5.00. The molecule has 0 saturated carbocycles. The van der Waals surface area contributed by atoms with Crippen LogP contribution in [-0.2, 0) is 21.1 Å². The summed E-state index contributed by atoms with van der Waals surface area (Å²) in [5.41, 5.74) is 1.07. The minimum absolute atomic E-state index is 0. The SMILES string of the molecule is O=c1c2ccccc2[se]n1-c1cc[c-]cc1.[CH2-]C.[W+2]. The van der Waals surface area contributed by atoms with Gasteiger partial charge in [-0.1, -0.05) is 0 Å². The van der Waals surface area contributed by atoms with Crippen molar-refractivity contribution in [3.8, 4) is 5.69 Å². The number of hydrogen-bond acceptors (Lipinski definition) is 1. The van der Waals surface area contributed by atoms with Crippen molar-refractivity contribution >= 4 is 24.4 Å². The molecule has 2 nitrogen and oxygen atoms in total. The summed E-state index contributed by atoms with van der Waals surface area (Å²) in [5.74, 6) is 0. The third-order valence-electron chi connectivity index (χ3n) is 2.43. The van der Waals surface area contributed by atoms with Gasteiger partial charge < -0.3 is 6.92 Å². The third-order valence-corrected chi connectivity index (χ3v) is 4.76. The monoisotopic (exact) mass is 487 g/mol. The van der Waals surface area contributed by atoms with E-state index in [-0.39, 0.29) is 41.4 Å². The van der Waals surface area contributed by atoms with Crippen molar-refractivity contribution < 1.29 is 21.1 Å². The molecule has 0 spiro atoms. The number of hydrogen-bond donors (Lipinski definition) is 0. The van der Waals surface area contributed by atoms with E-state index in [0.29, 0.717) is 0 Å². The second-order valence-corrected chi connectivity index (χ2v) is 5.52. The molecule has 2 aromatic carbocycles. The van der Waals surface area contributed by atoms with Crippen LogP contribution in [0.3, 0.4) is 0 Å². The zero-order chi connectivity index (χ0) is 13.0. The Morgan fingerprint density at radius 1 is 1.11 bits per heavy atom. The molecule has 0 bridgehead atoms. The molecule has 0 N–H and O–H groups in total. The summed E-state index contributed by atoms with van der Waals surface area (Å²) in [6, 6.07) is 18.3. The van der Waals surface area contributed by atoms with E-state index < -0.39 is 0 Å². The Hall–Kier alpha value is -0.882. The van der Waals surface area contributed by atoms with E-state index in [1.165, 1.54) is 0 Å². The molecule has 19 heavy (non-hydrogen) atoms. The molecule has 0 saturated heterocycles. The Morgan fingerprint density at radius 3 is 2.37 bits per heavy atom. The van der Waals surface area contributed by atoms with Crippen LogP contribution in [0.25, 0.3) is 15.3 Å². The molecule has 4 heteroatoms. The maximum absolute atomic E-state index is 12.1. The Kier molecular flexibility index (Phi) is 6.51. The minimum atomic E-state index is 0. The molecule has 3 aromatic rings. The summed E-state index contributed by atoms with van der Waals surface area (Å²) in [7, 11) is 0. The first-order valence-electron chi connectivity index (χ1n) is 5.64. The Balaban J connectivity index is 0.000000576. The number of benzene rings is 2. The zero-order valence-corrected chi connectivity index (χ0v) is 15.1. The van der Waals surface area contributed by atoms with Gasteiger partial charge in [-0.05, 0) is 0 Å². The van der Waals surface area contributed by atoms with Crippen molar-refractivity contribution in [3.05, 3.63) is 71.9 Å². The fraction of sp³-hybridized carbons (Fsp3) is 0.0667. The standard InChI is InChI=1S/C13H8NOSe.C2H5.W/c15-13-11-8-4-5-9-12(11)16-14(13)10-6-2-1-3-7-10;1-2;/h2-9H;1H2,2H3;/q2*-1;+2. The average molecular weight is 486 g/mol. The van der Waals surface area contributed by atoms with E-state index in [4.69, 9.17) is 0 Å². The van der Waals surface area contributed by atoms with Gasteiger partial charge in [0.25, 0.3) is 0 Å². The van der Waals surface area contributed by atoms with E-state index in [2.05, 4.69) is 13.0 Å². The van der Waals surface area contributed by atoms with Crippen LogP contribution in [0, 0.1) is 13.0 Å². The molecule has 0 aliphatic rings. The molecule has 0 aliphatic carbocycles. The smallest absolute Gasteiger partial charge is 0.346 e. The van der Waals surface area contributed by atoms with Gasteiger partial charge in [-0.3, -0.25) is 0 Å². The van der Waals surface area contributed by atoms with Crippen molar-refractivity contribution in [2.45, 2.75) is 6.92 Å². The molecule has 0 unspecified atom stereocenters. The molecular formula is C15H13NOSeW. The van der Waals surface area contributed by atoms with Gasteiger partial charge in [0.15, 0.2) is 0 Å². The van der Waals surface area contributed by atoms with Gasteiger partial charge in [0.1, 0.15) is 0 Å². The molecular weight excluding hydrogens is 473 g/mol. The van der Waals surface area contributed by atoms with Crippen molar-refractivity contribution in [1.82, 2.24) is 3.56 Å². The predicted octanol–water partition coefficient (Wildman–Crippen LogP) is 2.69. The number of fused-ring (bicyclic) bond motifs is 1. The van der Waals surface area contributed by atoms with Gasteiger partial charge in [-0.25, -0.2) is 0 Å². The predicted molar refractivity (Wildman–Crippen MR) is 76.4 cm³/mol. The maximum Gasteiger partial charge on any atom is 2.00 e. The fourth-order valence-electron chi connectivity index (χ4n) is 1.66. The molecule has 0 fully saturated rings. The maximum atomic E-state index is 12.1. The third kappa shape index (κ3) is 3.36. The molecule has 1 heterocycles. The van der Waals surface area contributed by atoms with Crippen LogP contribution in [0.2, 0.25) is 0 Å². The number of aromatic nitrogens is 1. The van der Waals surface area contributed by atoms with Crippen LogP contribution in [-0.4, -0.2) is 18.3 Å². The second kappa shape index (κ2) is 7.65. The summed E-state index contributed by atoms with van der Waals surface area (Å²) < 4.78 is 3.01. The molecule has 96 valence electrons. The van der Waals surface area contributed by atoms with E-state index in [1.807, 2.05) is 52.1 Å². The second-order valence-electron chi connectivity index (χ2n) is 3.45. The van der Waals surface area contributed by atoms with Gasteiger partial charge in [0.05, 0.1) is 0 Å². The molecule has 1 aromatic heterocycles. The summed E-state index contributed by atoms with van der Waals surface area (Å²) in [6.07, 6.45) is 0. The minimum Gasteiger partial charge on any atom is -0.346 e. The molecule has 0 atom stereocenters. The average Bonchev–Trinajstić information content (AvgIpc) is 2.80. The normalized spacial score (nSPS) is 9.37. The van der Waals surface area contributed by atoms with Gasteiger partial charge in [-0.2, -0.15) is 6.92 Å². The quantitative estimate of drug-likeness (QED) is 0.384. The van der Waals surface area contributed by atoms with Crippen molar-refractivity contribution in [1.29, 1.82) is 0 Å². The topological polar surface area (TPSA) is 22.0 Å². The van der Waals surface area contributed by atoms with Gasteiger partial charge >= 0.3 is 120 Å². The fourth-order valence-corrected chi connectivity index (χ4v) is 3.75. The van der Waals surface area contributed by atoms with Crippen LogP contribution in [0.1, 0.15) is 6.92 Å². The molecule has 0 aliphatic heterocycles. The van der Waals surface area contributed by atoms with E-state index >= 15 is 0 Å². The molecule has 3 rings (SSSR count). The summed E-state index contributed by atoms with van der Waals surface area (Å²) in [4.78, 5) is 12.1. The Labute approximate surface area is 133 Å². The summed E-state index contributed by atoms with van der Waals surface area (Å²) >= 11 is 0.0645. The molecule has 0 amide bonds. The van der Waals surface area contributed by atoms with Gasteiger partial charge in [0, 0.05) is 0 Å². The van der Waals surface area contributed by atoms with Crippen molar-refractivity contribution in [2.75, 3.05) is 0 Å². The van der Waals surface area contributed by atoms with Gasteiger partial charge in [-0.15, -0.1) is 0 Å². The van der Waals surface area contributed by atoms with Gasteiger partial charge in [0.2, 0.25) is 0 Å². The molecule has 0 radical (unpaired) electrons. The van der Waals surface area contributed by atoms with Crippen LogP contribution in [0.4, 0.5) is 0 Å². The van der Waals surface area contributed by atoms with Crippen LogP contribution in [0.15, 0.2) is 53.3 Å². The van der Waals surface area contributed by atoms with Crippen LogP contribution < -0.4 is 5.56 Å². The van der Waals surface area contributed by atoms with E-state index in [0.717, 1.165) is 15.3 Å². The van der Waals surface area contributed by atoms with E-state index in [1.54, 1.807) is 6.92 Å².